The van der Waals surface area contributed by atoms with Crippen molar-refractivity contribution in [1.29, 1.82) is 26.3 Å². The quantitative estimate of drug-likeness (QED) is 0.321. The lowest BCUT2D eigenvalue weighted by molar-refractivity contribution is 0.387. The van der Waals surface area contributed by atoms with Gasteiger partial charge in [-0.15, -0.1) is 0 Å². The van der Waals surface area contributed by atoms with E-state index in [0.717, 1.165) is 0 Å². The van der Waals surface area contributed by atoms with Crippen LogP contribution in [0.5, 0.6) is 0 Å². The molecule has 2 atom stereocenters. The first kappa shape index (κ1) is 27.0. The van der Waals surface area contributed by atoms with E-state index in [9.17, 15) is 61.4 Å². The van der Waals surface area contributed by atoms with Crippen molar-refractivity contribution in [3.05, 3.63) is 86.6 Å². The summed E-state index contributed by atoms with van der Waals surface area (Å²) in [6.07, 6.45) is 0.492. The second-order valence-corrected chi connectivity index (χ2v) is 7.14. The fourth-order valence-corrected chi connectivity index (χ4v) is 3.70. The number of halogens is 8. The Kier molecular flexibility index (Phi) is 7.24. The van der Waals surface area contributed by atoms with Gasteiger partial charge in [-0.25, -0.2) is 17.6 Å². The highest BCUT2D eigenvalue weighted by molar-refractivity contribution is 5.87. The molecule has 2 heterocycles. The first-order chi connectivity index (χ1) is 18.0. The van der Waals surface area contributed by atoms with Gasteiger partial charge in [0.2, 0.25) is 0 Å². The molecule has 15 heteroatoms. The average Bonchev–Trinajstić information content (AvgIpc) is 2.90. The summed E-state index contributed by atoms with van der Waals surface area (Å²) in [6, 6.07) is 6.60. The summed E-state index contributed by atoms with van der Waals surface area (Å²) in [7, 11) is 0. The van der Waals surface area contributed by atoms with Crippen molar-refractivity contribution in [2.45, 2.75) is 5.92 Å². The molecule has 1 aliphatic carbocycles. The molecular weight excluding hydrogens is 526 g/mol. The summed E-state index contributed by atoms with van der Waals surface area (Å²) < 4.78 is 113. The predicted octanol–water partition coefficient (Wildman–Crippen LogP) is 4.60. The van der Waals surface area contributed by atoms with Crippen LogP contribution >= 0.6 is 0 Å². The largest absolute Gasteiger partial charge is 0.252 e. The van der Waals surface area contributed by atoms with Gasteiger partial charge in [0.1, 0.15) is 12.1 Å². The SMILES string of the molecule is N#CC1=C/C(=C(/C#N)c2c(F)c(F)nc(F)c2F)C(C#N)=C(C#N)C1C(C#N)c1c(F)c(F)nc(F)c1F. The van der Waals surface area contributed by atoms with E-state index in [0.29, 0.717) is 6.08 Å². The number of hydrogen-bond acceptors (Lipinski definition) is 7. The van der Waals surface area contributed by atoms with Crippen LogP contribution in [-0.4, -0.2) is 9.97 Å². The fourth-order valence-electron chi connectivity index (χ4n) is 3.70. The zero-order chi connectivity index (χ0) is 28.5. The number of hydrogen-bond donors (Lipinski definition) is 0. The molecule has 0 fully saturated rings. The molecule has 0 aromatic carbocycles. The van der Waals surface area contributed by atoms with Crippen LogP contribution in [0.3, 0.4) is 0 Å². The first-order valence-corrected chi connectivity index (χ1v) is 9.59. The molecule has 0 N–H and O–H groups in total. The van der Waals surface area contributed by atoms with E-state index in [4.69, 9.17) is 0 Å². The summed E-state index contributed by atoms with van der Waals surface area (Å²) in [5.74, 6) is -21.9. The van der Waals surface area contributed by atoms with Gasteiger partial charge in [0, 0.05) is 11.1 Å². The molecule has 3 rings (SSSR count). The molecule has 38 heavy (non-hydrogen) atoms. The van der Waals surface area contributed by atoms with Gasteiger partial charge in [-0.1, -0.05) is 0 Å². The van der Waals surface area contributed by atoms with E-state index >= 15 is 0 Å². The van der Waals surface area contributed by atoms with Gasteiger partial charge in [-0.05, 0) is 6.08 Å². The van der Waals surface area contributed by atoms with Crippen molar-refractivity contribution >= 4 is 5.57 Å². The summed E-state index contributed by atoms with van der Waals surface area (Å²) in [5, 5.41) is 48.2. The zero-order valence-corrected chi connectivity index (χ0v) is 17.9. The lowest BCUT2D eigenvalue weighted by Gasteiger charge is -2.27. The zero-order valence-electron chi connectivity index (χ0n) is 17.9. The molecule has 2 unspecified atom stereocenters. The maximum atomic E-state index is 14.4. The molecule has 0 saturated heterocycles. The summed E-state index contributed by atoms with van der Waals surface area (Å²) >= 11 is 0. The number of allylic oxidation sites excluding steroid dienone is 6. The third kappa shape index (κ3) is 4.07. The van der Waals surface area contributed by atoms with Gasteiger partial charge in [-0.2, -0.15) is 53.8 Å². The Hall–Kier alpha value is -5.59. The second kappa shape index (κ2) is 10.2. The Morgan fingerprint density at radius 2 is 1.21 bits per heavy atom. The summed E-state index contributed by atoms with van der Waals surface area (Å²) in [4.78, 5) is 4.65. The van der Waals surface area contributed by atoms with E-state index in [1.165, 1.54) is 30.3 Å². The van der Waals surface area contributed by atoms with Gasteiger partial charge in [0.25, 0.3) is 23.8 Å². The highest BCUT2D eigenvalue weighted by Gasteiger charge is 2.41. The standard InChI is InChI=1S/C23H3F8N7/c24-16-14(17(25)21(29)37-20(16)28)10(4-34)8-1-7(2-32)13(11(5-35)9(8)3-33)12(6-36)15-18(26)22(30)38-23(31)19(15)27/h1,12-13H/b10-8+. The minimum atomic E-state index is -2.40. The number of rotatable bonds is 3. The Labute approximate surface area is 206 Å². The highest BCUT2D eigenvalue weighted by atomic mass is 19.2. The van der Waals surface area contributed by atoms with Gasteiger partial charge in [0.15, 0.2) is 23.3 Å². The van der Waals surface area contributed by atoms with Crippen molar-refractivity contribution in [3.8, 4) is 30.3 Å². The smallest absolute Gasteiger partial charge is 0.201 e. The normalized spacial score (nSPS) is 16.8. The monoisotopic (exact) mass is 529 g/mol. The van der Waals surface area contributed by atoms with E-state index < -0.39 is 97.9 Å². The van der Waals surface area contributed by atoms with Crippen molar-refractivity contribution in [3.63, 3.8) is 0 Å². The predicted molar refractivity (Wildman–Crippen MR) is 104 cm³/mol. The Morgan fingerprint density at radius 1 is 0.711 bits per heavy atom. The summed E-state index contributed by atoms with van der Waals surface area (Å²) in [6.45, 7) is 0. The number of nitrogens with zero attached hydrogens (tertiary/aromatic N) is 7. The molecule has 2 aromatic heterocycles. The third-order valence-corrected chi connectivity index (χ3v) is 5.29. The molecule has 2 aromatic rings. The molecule has 0 aliphatic heterocycles. The van der Waals surface area contributed by atoms with Crippen molar-refractivity contribution in [2.75, 3.05) is 0 Å². The minimum Gasteiger partial charge on any atom is -0.201 e. The van der Waals surface area contributed by atoms with Crippen molar-refractivity contribution < 1.29 is 35.1 Å². The lowest BCUT2D eigenvalue weighted by atomic mass is 9.71. The van der Waals surface area contributed by atoms with Gasteiger partial charge >= 0.3 is 0 Å². The van der Waals surface area contributed by atoms with E-state index in [2.05, 4.69) is 9.97 Å². The molecule has 1 aliphatic rings. The Balaban J connectivity index is 2.47. The van der Waals surface area contributed by atoms with Crippen LogP contribution < -0.4 is 0 Å². The number of nitriles is 5. The number of aromatic nitrogens is 2. The van der Waals surface area contributed by atoms with Crippen LogP contribution in [0.1, 0.15) is 17.0 Å². The molecule has 0 saturated carbocycles. The van der Waals surface area contributed by atoms with Gasteiger partial charge in [0.05, 0.1) is 57.9 Å². The average molecular weight is 529 g/mol. The highest BCUT2D eigenvalue weighted by Crippen LogP contribution is 2.45. The third-order valence-electron chi connectivity index (χ3n) is 5.29. The van der Waals surface area contributed by atoms with Crippen molar-refractivity contribution in [2.24, 2.45) is 5.92 Å². The van der Waals surface area contributed by atoms with Crippen LogP contribution in [0.4, 0.5) is 35.1 Å². The summed E-state index contributed by atoms with van der Waals surface area (Å²) in [5.41, 5.74) is -8.39. The van der Waals surface area contributed by atoms with Crippen LogP contribution in [0.2, 0.25) is 0 Å². The first-order valence-electron chi connectivity index (χ1n) is 9.59. The topological polar surface area (TPSA) is 145 Å². The van der Waals surface area contributed by atoms with E-state index in [-0.39, 0.29) is 0 Å². The second-order valence-electron chi connectivity index (χ2n) is 7.14. The molecule has 186 valence electrons. The molecule has 0 radical (unpaired) electrons. The van der Waals surface area contributed by atoms with E-state index in [1.807, 2.05) is 0 Å². The number of pyridine rings is 2. The van der Waals surface area contributed by atoms with Crippen LogP contribution in [0.25, 0.3) is 5.57 Å². The Morgan fingerprint density at radius 3 is 1.61 bits per heavy atom. The van der Waals surface area contributed by atoms with Gasteiger partial charge < -0.3 is 0 Å². The van der Waals surface area contributed by atoms with Crippen LogP contribution in [0, 0.1) is 110 Å². The molecular formula is C23H3F8N7. The molecule has 0 bridgehead atoms. The van der Waals surface area contributed by atoms with Gasteiger partial charge in [-0.3, -0.25) is 0 Å². The maximum Gasteiger partial charge on any atom is 0.252 e. The van der Waals surface area contributed by atoms with Crippen molar-refractivity contribution in [1.82, 2.24) is 9.97 Å². The Bertz CT molecular complexity index is 1670. The lowest BCUT2D eigenvalue weighted by Crippen LogP contribution is -2.24. The molecule has 0 amide bonds. The molecule has 7 nitrogen and oxygen atoms in total. The maximum absolute atomic E-state index is 14.4. The minimum absolute atomic E-state index is 0.492. The fraction of sp³-hybridized carbons (Fsp3) is 0.0870. The van der Waals surface area contributed by atoms with E-state index in [1.54, 1.807) is 0 Å². The molecule has 0 spiro atoms. The van der Waals surface area contributed by atoms with Crippen LogP contribution in [0.15, 0.2) is 28.4 Å². The van der Waals surface area contributed by atoms with Crippen LogP contribution in [-0.2, 0) is 0 Å².